The van der Waals surface area contributed by atoms with E-state index in [1.165, 1.54) is 53.9 Å². The van der Waals surface area contributed by atoms with Crippen molar-refractivity contribution < 1.29 is 0 Å². The van der Waals surface area contributed by atoms with E-state index < -0.39 is 5.41 Å². The van der Waals surface area contributed by atoms with Crippen molar-refractivity contribution in [3.63, 3.8) is 0 Å². The van der Waals surface area contributed by atoms with E-state index in [1.807, 2.05) is 47.7 Å². The summed E-state index contributed by atoms with van der Waals surface area (Å²) in [5.74, 6) is 2.00. The molecule has 1 spiro atoms. The Labute approximate surface area is 270 Å². The van der Waals surface area contributed by atoms with Crippen LogP contribution in [0.25, 0.3) is 65.8 Å². The molecule has 10 rings (SSSR count). The molecule has 0 aliphatic heterocycles. The molecule has 0 unspecified atom stereocenters. The number of aromatic nitrogens is 3. The molecule has 0 fully saturated rings. The second-order valence-corrected chi connectivity index (χ2v) is 13.0. The summed E-state index contributed by atoms with van der Waals surface area (Å²) in [6.45, 7) is 0. The van der Waals surface area contributed by atoms with Crippen molar-refractivity contribution in [3.05, 3.63) is 174 Å². The van der Waals surface area contributed by atoms with Crippen LogP contribution in [0.15, 0.2) is 152 Å². The van der Waals surface area contributed by atoms with E-state index in [9.17, 15) is 0 Å². The van der Waals surface area contributed by atoms with E-state index in [-0.39, 0.29) is 0 Å². The third-order valence-corrected chi connectivity index (χ3v) is 10.8. The molecule has 1 atom stereocenters. The summed E-state index contributed by atoms with van der Waals surface area (Å²) in [7, 11) is 0. The topological polar surface area (TPSA) is 38.7 Å². The zero-order chi connectivity index (χ0) is 30.2. The molecule has 2 aliphatic carbocycles. The van der Waals surface area contributed by atoms with Gasteiger partial charge in [0.15, 0.2) is 17.5 Å². The van der Waals surface area contributed by atoms with E-state index >= 15 is 0 Å². The van der Waals surface area contributed by atoms with Crippen molar-refractivity contribution in [2.24, 2.45) is 0 Å². The minimum atomic E-state index is -0.439. The van der Waals surface area contributed by atoms with Gasteiger partial charge in [0, 0.05) is 26.3 Å². The van der Waals surface area contributed by atoms with Gasteiger partial charge in [0.1, 0.15) is 0 Å². The van der Waals surface area contributed by atoms with E-state index in [4.69, 9.17) is 15.0 Å². The molecule has 8 aromatic rings. The predicted octanol–water partition coefficient (Wildman–Crippen LogP) is 10.4. The Kier molecular flexibility index (Phi) is 5.37. The highest BCUT2D eigenvalue weighted by Gasteiger charge is 2.53. The Morgan fingerprint density at radius 1 is 0.413 bits per heavy atom. The quantitative estimate of drug-likeness (QED) is 0.202. The molecule has 4 heteroatoms. The van der Waals surface area contributed by atoms with Crippen LogP contribution in [-0.4, -0.2) is 15.0 Å². The average molecular weight is 604 g/mol. The number of benzene rings is 6. The van der Waals surface area contributed by atoms with Gasteiger partial charge >= 0.3 is 0 Å². The summed E-state index contributed by atoms with van der Waals surface area (Å²) in [5, 5.41) is 1.32. The van der Waals surface area contributed by atoms with Gasteiger partial charge in [-0.1, -0.05) is 140 Å². The minimum absolute atomic E-state index is 0.439. The van der Waals surface area contributed by atoms with E-state index in [1.54, 1.807) is 0 Å². The molecule has 0 bridgehead atoms. The van der Waals surface area contributed by atoms with Gasteiger partial charge in [-0.15, -0.1) is 11.3 Å². The summed E-state index contributed by atoms with van der Waals surface area (Å²) >= 11 is 1.91. The van der Waals surface area contributed by atoms with Crippen LogP contribution in [0.5, 0.6) is 0 Å². The highest BCUT2D eigenvalue weighted by Crippen LogP contribution is 2.66. The molecular formula is C42H25N3S. The first-order valence-corrected chi connectivity index (χ1v) is 16.4. The molecule has 46 heavy (non-hydrogen) atoms. The summed E-state index contributed by atoms with van der Waals surface area (Å²) in [5.41, 5.74) is 11.7. The Hall–Kier alpha value is -5.71. The Morgan fingerprint density at radius 3 is 1.63 bits per heavy atom. The molecule has 2 aliphatic rings. The Balaban J connectivity index is 1.28. The lowest BCUT2D eigenvalue weighted by atomic mass is 9.70. The van der Waals surface area contributed by atoms with Crippen LogP contribution < -0.4 is 0 Å². The summed E-state index contributed by atoms with van der Waals surface area (Å²) < 4.78 is 1.32. The molecule has 2 heterocycles. The van der Waals surface area contributed by atoms with E-state index in [0.717, 1.165) is 16.7 Å². The van der Waals surface area contributed by atoms with Crippen molar-refractivity contribution in [2.45, 2.75) is 5.41 Å². The largest absolute Gasteiger partial charge is 0.208 e. The SMILES string of the molecule is c1ccc(-c2nc(-c3ccccc3)nc(-c3ccc4c(c3)[C@@]3(c5ccccc5-4)c4ccccc4-c4sc5ccccc5c43)n2)cc1. The van der Waals surface area contributed by atoms with Crippen molar-refractivity contribution in [1.82, 2.24) is 15.0 Å². The third-order valence-electron chi connectivity index (χ3n) is 9.55. The van der Waals surface area contributed by atoms with Crippen molar-refractivity contribution in [2.75, 3.05) is 0 Å². The highest BCUT2D eigenvalue weighted by molar-refractivity contribution is 7.22. The van der Waals surface area contributed by atoms with E-state index in [0.29, 0.717) is 17.5 Å². The molecule has 0 radical (unpaired) electrons. The lowest BCUT2D eigenvalue weighted by Crippen LogP contribution is -2.25. The first kappa shape index (κ1) is 25.6. The smallest absolute Gasteiger partial charge is 0.164 e. The number of nitrogens with zero attached hydrogens (tertiary/aromatic N) is 3. The second-order valence-electron chi connectivity index (χ2n) is 11.9. The summed E-state index contributed by atoms with van der Waals surface area (Å²) in [6, 6.07) is 54.0. The van der Waals surface area contributed by atoms with Crippen LogP contribution in [0.3, 0.4) is 0 Å². The molecule has 3 nitrogen and oxygen atoms in total. The molecule has 214 valence electrons. The van der Waals surface area contributed by atoms with Crippen LogP contribution in [0.1, 0.15) is 22.3 Å². The van der Waals surface area contributed by atoms with Crippen molar-refractivity contribution in [3.8, 4) is 55.7 Å². The molecular weight excluding hydrogens is 579 g/mol. The van der Waals surface area contributed by atoms with Gasteiger partial charge in [-0.05, 0) is 56.5 Å². The molecule has 0 amide bonds. The number of rotatable bonds is 3. The summed E-state index contributed by atoms with van der Waals surface area (Å²) in [6.07, 6.45) is 0. The second kappa shape index (κ2) is 9.64. The maximum Gasteiger partial charge on any atom is 0.164 e. The predicted molar refractivity (Wildman–Crippen MR) is 188 cm³/mol. The highest BCUT2D eigenvalue weighted by atomic mass is 32.1. The minimum Gasteiger partial charge on any atom is -0.208 e. The average Bonchev–Trinajstić information content (AvgIpc) is 3.75. The molecule has 6 aromatic carbocycles. The lowest BCUT2D eigenvalue weighted by molar-refractivity contribution is 0.802. The van der Waals surface area contributed by atoms with Gasteiger partial charge in [0.2, 0.25) is 0 Å². The lowest BCUT2D eigenvalue weighted by Gasteiger charge is -2.30. The van der Waals surface area contributed by atoms with Crippen LogP contribution in [0.4, 0.5) is 0 Å². The molecule has 2 aromatic heterocycles. The number of hydrogen-bond acceptors (Lipinski definition) is 4. The number of hydrogen-bond donors (Lipinski definition) is 0. The van der Waals surface area contributed by atoms with Crippen molar-refractivity contribution >= 4 is 21.4 Å². The van der Waals surface area contributed by atoms with Gasteiger partial charge in [0.05, 0.1) is 5.41 Å². The molecule has 0 saturated carbocycles. The molecule has 0 N–H and O–H groups in total. The summed E-state index contributed by atoms with van der Waals surface area (Å²) in [4.78, 5) is 16.5. The van der Waals surface area contributed by atoms with E-state index in [2.05, 4.69) is 115 Å². The fraction of sp³-hybridized carbons (Fsp3) is 0.0238. The zero-order valence-electron chi connectivity index (χ0n) is 24.7. The first-order valence-electron chi connectivity index (χ1n) is 15.5. The van der Waals surface area contributed by atoms with Crippen LogP contribution in [0.2, 0.25) is 0 Å². The van der Waals surface area contributed by atoms with Gasteiger partial charge in [-0.2, -0.15) is 0 Å². The number of fused-ring (bicyclic) bond motifs is 12. The van der Waals surface area contributed by atoms with Crippen LogP contribution >= 0.6 is 11.3 Å². The van der Waals surface area contributed by atoms with Gasteiger partial charge in [-0.3, -0.25) is 0 Å². The van der Waals surface area contributed by atoms with Gasteiger partial charge in [-0.25, -0.2) is 15.0 Å². The normalized spacial score (nSPS) is 15.5. The fourth-order valence-corrected chi connectivity index (χ4v) is 8.97. The zero-order valence-corrected chi connectivity index (χ0v) is 25.5. The number of thiophene rings is 1. The van der Waals surface area contributed by atoms with Gasteiger partial charge < -0.3 is 0 Å². The Morgan fingerprint density at radius 2 is 0.935 bits per heavy atom. The standard InChI is InChI=1S/C42H25N3S/c1-3-13-26(14-4-1)39-43-40(27-15-5-2-6-16-27)45-41(44-39)28-23-24-30-29-17-7-10-20-33(29)42(35(30)25-28)34-21-11-8-18-31(34)38-37(42)32-19-9-12-22-36(32)46-38/h1-25H/t42-/m1/s1. The van der Waals surface area contributed by atoms with Crippen LogP contribution in [0, 0.1) is 0 Å². The van der Waals surface area contributed by atoms with Gasteiger partial charge in [0.25, 0.3) is 0 Å². The third kappa shape index (κ3) is 3.45. The van der Waals surface area contributed by atoms with Crippen molar-refractivity contribution in [1.29, 1.82) is 0 Å². The fourth-order valence-electron chi connectivity index (χ4n) is 7.67. The molecule has 0 saturated heterocycles. The maximum absolute atomic E-state index is 5.10. The van der Waals surface area contributed by atoms with Crippen LogP contribution in [-0.2, 0) is 5.41 Å². The maximum atomic E-state index is 5.10. The first-order chi connectivity index (χ1) is 22.8. The Bertz CT molecular complexity index is 2420. The monoisotopic (exact) mass is 603 g/mol.